The van der Waals surface area contributed by atoms with E-state index in [2.05, 4.69) is 0 Å². The number of nitrogens with two attached hydrogens (primary N) is 1. The first kappa shape index (κ1) is 29.1. The molecule has 0 aromatic heterocycles. The number of likely N-dealkylation sites (tertiary alicyclic amines) is 1. The van der Waals surface area contributed by atoms with Gasteiger partial charge in [-0.2, -0.15) is 0 Å². The van der Waals surface area contributed by atoms with Gasteiger partial charge in [-0.1, -0.05) is 24.3 Å². The molecule has 5 rings (SSSR count). The first-order chi connectivity index (χ1) is 20.1. The molecule has 0 saturated carbocycles. The Morgan fingerprint density at radius 2 is 1.55 bits per heavy atom. The highest BCUT2D eigenvalue weighted by molar-refractivity contribution is 7.90. The minimum atomic E-state index is -3.26. The fourth-order valence-electron chi connectivity index (χ4n) is 5.85. The normalized spacial score (nSPS) is 17.0. The van der Waals surface area contributed by atoms with Crippen LogP contribution in [0.15, 0.2) is 77.8 Å². The summed E-state index contributed by atoms with van der Waals surface area (Å²) in [6.07, 6.45) is 5.61. The minimum absolute atomic E-state index is 0.0669. The summed E-state index contributed by atoms with van der Waals surface area (Å²) >= 11 is 0. The van der Waals surface area contributed by atoms with E-state index in [0.29, 0.717) is 54.9 Å². The zero-order valence-electron chi connectivity index (χ0n) is 23.7. The number of allylic oxidation sites excluding steroid dienone is 1. The number of benzene rings is 3. The van der Waals surface area contributed by atoms with E-state index in [9.17, 15) is 18.0 Å². The number of hydrogen-bond acceptors (Lipinski definition) is 7. The zero-order chi connectivity index (χ0) is 30.1. The second kappa shape index (κ2) is 11.4. The number of amides is 2. The Labute approximate surface area is 246 Å². The van der Waals surface area contributed by atoms with E-state index < -0.39 is 15.3 Å². The maximum Gasteiger partial charge on any atom is 0.253 e. The maximum absolute atomic E-state index is 13.7. The molecule has 2 aliphatic heterocycles. The molecule has 42 heavy (non-hydrogen) atoms. The van der Waals surface area contributed by atoms with Gasteiger partial charge in [-0.15, -0.1) is 0 Å². The van der Waals surface area contributed by atoms with Gasteiger partial charge < -0.3 is 25.7 Å². The van der Waals surface area contributed by atoms with Crippen LogP contribution in [0.25, 0.3) is 16.7 Å². The van der Waals surface area contributed by atoms with E-state index in [1.54, 1.807) is 48.4 Å². The summed E-state index contributed by atoms with van der Waals surface area (Å²) in [7, 11) is -1.71. The molecule has 0 bridgehead atoms. The molecular weight excluding hydrogens is 552 g/mol. The molecule has 0 aliphatic carbocycles. The van der Waals surface area contributed by atoms with Crippen molar-refractivity contribution in [2.24, 2.45) is 11.1 Å². The average Bonchev–Trinajstić information content (AvgIpc) is 3.32. The molecule has 0 radical (unpaired) electrons. The average molecular weight is 587 g/mol. The number of carbonyl (C=O) groups excluding carboxylic acids is 2. The largest absolute Gasteiger partial charge is 0.496 e. The summed E-state index contributed by atoms with van der Waals surface area (Å²) in [5.41, 5.74) is 9.43. The van der Waals surface area contributed by atoms with E-state index in [1.165, 1.54) is 12.5 Å². The summed E-state index contributed by atoms with van der Waals surface area (Å²) in [6.45, 7) is 1.59. The van der Waals surface area contributed by atoms with Gasteiger partial charge in [-0.3, -0.25) is 9.59 Å². The molecule has 3 aromatic rings. The predicted octanol–water partition coefficient (Wildman–Crippen LogP) is 4.37. The molecule has 2 fully saturated rings. The van der Waals surface area contributed by atoms with Crippen LogP contribution in [0.4, 0.5) is 5.69 Å². The van der Waals surface area contributed by atoms with E-state index in [4.69, 9.17) is 15.9 Å². The van der Waals surface area contributed by atoms with Crippen molar-refractivity contribution < 1.29 is 22.7 Å². The predicted molar refractivity (Wildman–Crippen MR) is 163 cm³/mol. The van der Waals surface area contributed by atoms with Crippen LogP contribution >= 0.6 is 0 Å². The van der Waals surface area contributed by atoms with Gasteiger partial charge in [0, 0.05) is 66.8 Å². The third-order valence-electron chi connectivity index (χ3n) is 8.41. The number of nitrogens with zero attached hydrogens (tertiary/aromatic N) is 2. The van der Waals surface area contributed by atoms with Gasteiger partial charge in [0.2, 0.25) is 5.91 Å². The van der Waals surface area contributed by atoms with Gasteiger partial charge >= 0.3 is 0 Å². The van der Waals surface area contributed by atoms with Gasteiger partial charge in [0.1, 0.15) is 5.75 Å². The summed E-state index contributed by atoms with van der Waals surface area (Å²) in [4.78, 5) is 30.9. The van der Waals surface area contributed by atoms with Crippen molar-refractivity contribution >= 4 is 39.1 Å². The maximum atomic E-state index is 13.7. The number of nitrogens with one attached hydrogen (secondary N) is 1. The molecule has 3 N–H and O–H groups in total. The molecule has 218 valence electrons. The summed E-state index contributed by atoms with van der Waals surface area (Å²) in [5.74, 6) is 0.539. The molecule has 2 aliphatic rings. The first-order valence-corrected chi connectivity index (χ1v) is 15.6. The van der Waals surface area contributed by atoms with Gasteiger partial charge in [0.15, 0.2) is 9.84 Å². The van der Waals surface area contributed by atoms with Crippen molar-refractivity contribution in [2.75, 3.05) is 37.9 Å². The Morgan fingerprint density at radius 1 is 0.952 bits per heavy atom. The number of piperidine rings is 1. The Morgan fingerprint density at radius 3 is 2.10 bits per heavy atom. The molecule has 2 amide bonds. The highest BCUT2D eigenvalue weighted by Gasteiger charge is 2.49. The number of rotatable bonds is 7. The molecule has 2 heterocycles. The highest BCUT2D eigenvalue weighted by atomic mass is 32.2. The lowest BCUT2D eigenvalue weighted by molar-refractivity contribution is -0.127. The molecular formula is C32H34N4O5S. The molecule has 1 spiro atoms. The van der Waals surface area contributed by atoms with Crippen molar-refractivity contribution in [3.05, 3.63) is 84.1 Å². The SMILES string of the molecule is COc1cc(N2CCC3(CCN(C(=O)c4ccc(-c5ccc(S(C)(=O)=O)cc5)cc4)CC3)C2=O)ccc1/C(C=N)=C/N. The van der Waals surface area contributed by atoms with Crippen molar-refractivity contribution in [2.45, 2.75) is 24.2 Å². The van der Waals surface area contributed by atoms with Gasteiger partial charge in [-0.05, 0) is 66.8 Å². The summed E-state index contributed by atoms with van der Waals surface area (Å²) in [5, 5.41) is 7.58. The number of hydrogen-bond donors (Lipinski definition) is 2. The Bertz CT molecular complexity index is 1660. The topological polar surface area (TPSA) is 134 Å². The van der Waals surface area contributed by atoms with Gasteiger partial charge in [0.05, 0.1) is 17.4 Å². The van der Waals surface area contributed by atoms with E-state index in [0.717, 1.165) is 29.4 Å². The van der Waals surface area contributed by atoms with Crippen molar-refractivity contribution in [1.29, 1.82) is 5.41 Å². The fraction of sp³-hybridized carbons (Fsp3) is 0.281. The number of sulfone groups is 1. The van der Waals surface area contributed by atoms with Crippen LogP contribution in [0.2, 0.25) is 0 Å². The molecule has 0 atom stereocenters. The van der Waals surface area contributed by atoms with Crippen LogP contribution in [0, 0.1) is 10.8 Å². The lowest BCUT2D eigenvalue weighted by Gasteiger charge is -2.38. The van der Waals surface area contributed by atoms with E-state index in [1.807, 2.05) is 35.2 Å². The second-order valence-corrected chi connectivity index (χ2v) is 12.8. The van der Waals surface area contributed by atoms with Gasteiger partial charge in [0.25, 0.3) is 5.91 Å². The minimum Gasteiger partial charge on any atom is -0.496 e. The van der Waals surface area contributed by atoms with Crippen molar-refractivity contribution in [1.82, 2.24) is 4.90 Å². The fourth-order valence-corrected chi connectivity index (χ4v) is 6.48. The van der Waals surface area contributed by atoms with Crippen molar-refractivity contribution in [3.8, 4) is 16.9 Å². The standard InChI is InChI=1S/C32H34N4O5S/c1-41-29-19-26(9-12-28(29)25(20-33)21-34)36-18-15-32(31(36)38)13-16-35(17-14-32)30(37)24-5-3-22(4-6-24)23-7-10-27(11-8-23)42(2,39)40/h3-12,19-21,33H,13-18,34H2,1-2H3/b25-21+,33-20?. The molecule has 9 nitrogen and oxygen atoms in total. The number of anilines is 1. The van der Waals surface area contributed by atoms with E-state index in [-0.39, 0.29) is 16.7 Å². The third-order valence-corrected chi connectivity index (χ3v) is 9.54. The Hall–Kier alpha value is -4.44. The summed E-state index contributed by atoms with van der Waals surface area (Å²) in [6, 6.07) is 19.4. The lowest BCUT2D eigenvalue weighted by Crippen LogP contribution is -2.46. The zero-order valence-corrected chi connectivity index (χ0v) is 24.5. The summed E-state index contributed by atoms with van der Waals surface area (Å²) < 4.78 is 29.0. The molecule has 3 aromatic carbocycles. The Kier molecular flexibility index (Phi) is 7.92. The smallest absolute Gasteiger partial charge is 0.253 e. The number of ether oxygens (including phenoxy) is 1. The van der Waals surface area contributed by atoms with Crippen LogP contribution in [0.3, 0.4) is 0 Å². The number of carbonyl (C=O) groups is 2. The number of methoxy groups -OCH3 is 1. The van der Waals surface area contributed by atoms with Crippen LogP contribution < -0.4 is 15.4 Å². The van der Waals surface area contributed by atoms with Crippen LogP contribution in [0.1, 0.15) is 35.2 Å². The van der Waals surface area contributed by atoms with Crippen LogP contribution in [-0.4, -0.2) is 64.3 Å². The van der Waals surface area contributed by atoms with Crippen LogP contribution in [-0.2, 0) is 14.6 Å². The second-order valence-electron chi connectivity index (χ2n) is 10.8. The first-order valence-electron chi connectivity index (χ1n) is 13.7. The molecule has 0 unspecified atom stereocenters. The van der Waals surface area contributed by atoms with E-state index >= 15 is 0 Å². The highest BCUT2D eigenvalue weighted by Crippen LogP contribution is 2.44. The van der Waals surface area contributed by atoms with Crippen LogP contribution in [0.5, 0.6) is 5.75 Å². The Balaban J connectivity index is 1.24. The monoisotopic (exact) mass is 586 g/mol. The van der Waals surface area contributed by atoms with Gasteiger partial charge in [-0.25, -0.2) is 8.42 Å². The van der Waals surface area contributed by atoms with Crippen molar-refractivity contribution in [3.63, 3.8) is 0 Å². The molecule has 10 heteroatoms. The quantitative estimate of drug-likeness (QED) is 0.395. The molecule has 2 saturated heterocycles. The third kappa shape index (κ3) is 5.42. The lowest BCUT2D eigenvalue weighted by atomic mass is 9.77.